The number of nitrogens with one attached hydrogen (secondary N) is 1. The molecule has 0 radical (unpaired) electrons. The van der Waals surface area contributed by atoms with E-state index >= 15 is 0 Å². The van der Waals surface area contributed by atoms with Crippen molar-refractivity contribution in [1.82, 2.24) is 5.09 Å². The Labute approximate surface area is 81.7 Å². The van der Waals surface area contributed by atoms with E-state index in [1.54, 1.807) is 13.8 Å². The lowest BCUT2D eigenvalue weighted by Gasteiger charge is -2.15. The number of carbonyl (C=O) groups is 1. The van der Waals surface area contributed by atoms with Crippen LogP contribution in [-0.4, -0.2) is 23.0 Å². The molecule has 7 heteroatoms. The van der Waals surface area contributed by atoms with Gasteiger partial charge in [0.1, 0.15) is 6.04 Å². The molecule has 78 valence electrons. The minimum absolute atomic E-state index is 0.259. The van der Waals surface area contributed by atoms with Gasteiger partial charge in [-0.25, -0.2) is 5.09 Å². The van der Waals surface area contributed by atoms with Crippen LogP contribution in [0.4, 0.5) is 0 Å². The van der Waals surface area contributed by atoms with E-state index in [0.29, 0.717) is 0 Å². The van der Waals surface area contributed by atoms with E-state index in [4.69, 9.17) is 20.9 Å². The number of carbonyl (C=O) groups excluding carboxylic acids is 1. The highest BCUT2D eigenvalue weighted by molar-refractivity contribution is 7.82. The molecule has 0 aromatic rings. The minimum atomic E-state index is -3.90. The first-order valence-electron chi connectivity index (χ1n) is 3.73. The molecule has 5 nitrogen and oxygen atoms in total. The average Bonchev–Trinajstić information content (AvgIpc) is 1.81. The summed E-state index contributed by atoms with van der Waals surface area (Å²) in [6.07, 6.45) is -0.259. The number of halogens is 1. The Kier molecular flexibility index (Phi) is 4.92. The summed E-state index contributed by atoms with van der Waals surface area (Å²) in [6, 6.07) is -0.893. The van der Waals surface area contributed by atoms with Gasteiger partial charge in [-0.3, -0.25) is 9.36 Å². The van der Waals surface area contributed by atoms with E-state index in [1.165, 1.54) is 6.92 Å². The Hall–Kier alpha value is -0.0900. The van der Waals surface area contributed by atoms with Crippen molar-refractivity contribution >= 4 is 24.1 Å². The molecule has 0 fully saturated rings. The van der Waals surface area contributed by atoms with E-state index in [-0.39, 0.29) is 6.10 Å². The zero-order valence-electron chi connectivity index (χ0n) is 7.65. The van der Waals surface area contributed by atoms with Gasteiger partial charge in [0.2, 0.25) is 0 Å². The first-order valence-corrected chi connectivity index (χ1v) is 6.29. The highest BCUT2D eigenvalue weighted by Gasteiger charge is 2.23. The average molecular weight is 230 g/mol. The van der Waals surface area contributed by atoms with Crippen molar-refractivity contribution in [2.24, 2.45) is 0 Å². The molecular formula is C6H13ClNO4P. The summed E-state index contributed by atoms with van der Waals surface area (Å²) in [7, 11) is 0. The summed E-state index contributed by atoms with van der Waals surface area (Å²) >= 11 is 5.00. The Balaban J connectivity index is 4.05. The molecule has 0 saturated carbocycles. The first kappa shape index (κ1) is 12.9. The van der Waals surface area contributed by atoms with Gasteiger partial charge in [-0.1, -0.05) is 0 Å². The summed E-state index contributed by atoms with van der Waals surface area (Å²) in [5.74, 6) is -0.607. The van der Waals surface area contributed by atoms with Crippen molar-refractivity contribution in [2.45, 2.75) is 32.9 Å². The Bertz CT molecular complexity index is 227. The molecule has 0 aromatic carbocycles. The Morgan fingerprint density at radius 2 is 2.00 bits per heavy atom. The summed E-state index contributed by atoms with van der Waals surface area (Å²) in [4.78, 5) is 19.7. The van der Waals surface area contributed by atoms with Crippen LogP contribution in [0.2, 0.25) is 0 Å². The van der Waals surface area contributed by atoms with Gasteiger partial charge in [0.05, 0.1) is 6.10 Å². The molecule has 1 unspecified atom stereocenters. The molecule has 0 aliphatic rings. The summed E-state index contributed by atoms with van der Waals surface area (Å²) < 4.78 is 15.4. The standard InChI is InChI=1S/C6H13ClNO4P/c1-4(2)12-6(9)5(3)8-13(7,10)11/h4-5H,1-3H3,(H2,8,10,11)/t5-/m0/s1. The minimum Gasteiger partial charge on any atom is -0.462 e. The molecule has 0 rings (SSSR count). The third kappa shape index (κ3) is 7.02. The molecular weight excluding hydrogens is 216 g/mol. The number of hydrogen-bond donors (Lipinski definition) is 2. The lowest BCUT2D eigenvalue weighted by molar-refractivity contribution is -0.149. The predicted octanol–water partition coefficient (Wildman–Crippen LogP) is 1.26. The van der Waals surface area contributed by atoms with Crippen LogP contribution in [0.3, 0.4) is 0 Å². The van der Waals surface area contributed by atoms with Gasteiger partial charge >= 0.3 is 12.8 Å². The SMILES string of the molecule is CC(C)OC(=O)[C@H](C)NP(=O)(O)Cl. The van der Waals surface area contributed by atoms with Crippen LogP contribution < -0.4 is 5.09 Å². The Morgan fingerprint density at radius 1 is 1.54 bits per heavy atom. The van der Waals surface area contributed by atoms with Gasteiger partial charge in [0.15, 0.2) is 0 Å². The number of ether oxygens (including phenoxy) is 1. The monoisotopic (exact) mass is 229 g/mol. The first-order chi connectivity index (χ1) is 5.72. The maximum absolute atomic E-state index is 11.1. The topological polar surface area (TPSA) is 75.6 Å². The quantitative estimate of drug-likeness (QED) is 0.561. The lowest BCUT2D eigenvalue weighted by atomic mass is 10.4. The second-order valence-electron chi connectivity index (χ2n) is 2.84. The molecule has 0 spiro atoms. The third-order valence-corrected chi connectivity index (χ3v) is 2.06. The van der Waals surface area contributed by atoms with E-state index in [2.05, 4.69) is 0 Å². The van der Waals surface area contributed by atoms with Crippen molar-refractivity contribution in [3.8, 4) is 0 Å². The molecule has 0 aromatic heterocycles. The van der Waals surface area contributed by atoms with Crippen LogP contribution in [-0.2, 0) is 14.1 Å². The van der Waals surface area contributed by atoms with Gasteiger partial charge in [-0.15, -0.1) is 0 Å². The van der Waals surface area contributed by atoms with Gasteiger partial charge < -0.3 is 9.63 Å². The molecule has 0 bridgehead atoms. The molecule has 0 heterocycles. The van der Waals surface area contributed by atoms with Gasteiger partial charge in [-0.05, 0) is 32.0 Å². The highest BCUT2D eigenvalue weighted by Crippen LogP contribution is 2.41. The fourth-order valence-electron chi connectivity index (χ4n) is 0.626. The fraction of sp³-hybridized carbons (Fsp3) is 0.833. The van der Waals surface area contributed by atoms with Crippen LogP contribution in [0, 0.1) is 0 Å². The van der Waals surface area contributed by atoms with Crippen molar-refractivity contribution in [3.63, 3.8) is 0 Å². The van der Waals surface area contributed by atoms with E-state index < -0.39 is 18.9 Å². The van der Waals surface area contributed by atoms with Crippen LogP contribution in [0.1, 0.15) is 20.8 Å². The summed E-state index contributed by atoms with van der Waals surface area (Å²) in [6.45, 7) is 0.870. The lowest BCUT2D eigenvalue weighted by Crippen LogP contribution is -2.33. The van der Waals surface area contributed by atoms with E-state index in [1.807, 2.05) is 5.09 Å². The molecule has 2 N–H and O–H groups in total. The molecule has 0 aliphatic carbocycles. The summed E-state index contributed by atoms with van der Waals surface area (Å²) in [5, 5.41) is 2.03. The molecule has 0 aliphatic heterocycles. The molecule has 2 atom stereocenters. The molecule has 13 heavy (non-hydrogen) atoms. The second kappa shape index (κ2) is 4.96. The van der Waals surface area contributed by atoms with Crippen LogP contribution in [0.25, 0.3) is 0 Å². The predicted molar refractivity (Wildman–Crippen MR) is 49.5 cm³/mol. The fourth-order valence-corrected chi connectivity index (χ4v) is 1.65. The highest BCUT2D eigenvalue weighted by atomic mass is 35.7. The third-order valence-electron chi connectivity index (χ3n) is 1.06. The number of hydrogen-bond acceptors (Lipinski definition) is 3. The smallest absolute Gasteiger partial charge is 0.358 e. The van der Waals surface area contributed by atoms with Crippen molar-refractivity contribution in [1.29, 1.82) is 0 Å². The zero-order valence-corrected chi connectivity index (χ0v) is 9.30. The number of rotatable bonds is 4. The van der Waals surface area contributed by atoms with Crippen LogP contribution in [0.5, 0.6) is 0 Å². The van der Waals surface area contributed by atoms with Crippen molar-refractivity contribution in [3.05, 3.63) is 0 Å². The second-order valence-corrected chi connectivity index (χ2v) is 5.48. The van der Waals surface area contributed by atoms with Gasteiger partial charge in [-0.2, -0.15) is 0 Å². The molecule has 0 amide bonds. The van der Waals surface area contributed by atoms with Crippen molar-refractivity contribution < 1.29 is 19.0 Å². The van der Waals surface area contributed by atoms with E-state index in [9.17, 15) is 9.36 Å². The number of esters is 1. The van der Waals surface area contributed by atoms with Crippen LogP contribution in [0.15, 0.2) is 0 Å². The largest absolute Gasteiger partial charge is 0.462 e. The van der Waals surface area contributed by atoms with Gasteiger partial charge in [0.25, 0.3) is 0 Å². The Morgan fingerprint density at radius 3 is 2.31 bits per heavy atom. The van der Waals surface area contributed by atoms with Gasteiger partial charge in [0, 0.05) is 0 Å². The maximum Gasteiger partial charge on any atom is 0.358 e. The maximum atomic E-state index is 11.1. The summed E-state index contributed by atoms with van der Waals surface area (Å²) in [5.41, 5.74) is 0. The van der Waals surface area contributed by atoms with Crippen molar-refractivity contribution in [2.75, 3.05) is 0 Å². The zero-order chi connectivity index (χ0) is 10.6. The van der Waals surface area contributed by atoms with E-state index in [0.717, 1.165) is 0 Å². The van der Waals surface area contributed by atoms with Crippen LogP contribution >= 0.6 is 18.1 Å². The molecule has 0 saturated heterocycles. The normalized spacial score (nSPS) is 18.0.